The largest absolute Gasteiger partial charge is 0.0925 e. The SMILES string of the molecule is CC(C)CC(CBr)Cc1ccc(C(C)C)cc1. The summed E-state index contributed by atoms with van der Waals surface area (Å²) in [6.07, 6.45) is 2.50. The molecule has 1 heteroatoms. The lowest BCUT2D eigenvalue weighted by molar-refractivity contribution is 0.445. The fourth-order valence-electron chi connectivity index (χ4n) is 2.24. The molecule has 1 aromatic rings. The van der Waals surface area contributed by atoms with Gasteiger partial charge in [0.15, 0.2) is 0 Å². The molecule has 0 heterocycles. The van der Waals surface area contributed by atoms with Crippen LogP contribution in [0.25, 0.3) is 0 Å². The normalized spacial score (nSPS) is 13.4. The number of hydrogen-bond donors (Lipinski definition) is 0. The van der Waals surface area contributed by atoms with Gasteiger partial charge in [-0.1, -0.05) is 67.9 Å². The minimum absolute atomic E-state index is 0.631. The number of halogens is 1. The first-order valence-electron chi connectivity index (χ1n) is 6.67. The van der Waals surface area contributed by atoms with Gasteiger partial charge in [-0.05, 0) is 41.7 Å². The molecule has 0 spiro atoms. The van der Waals surface area contributed by atoms with Gasteiger partial charge in [-0.2, -0.15) is 0 Å². The molecule has 0 fully saturated rings. The second-order valence-corrected chi connectivity index (χ2v) is 6.40. The van der Waals surface area contributed by atoms with Gasteiger partial charge in [-0.3, -0.25) is 0 Å². The van der Waals surface area contributed by atoms with Gasteiger partial charge in [0.25, 0.3) is 0 Å². The molecule has 0 nitrogen and oxygen atoms in total. The molecule has 0 aromatic heterocycles. The molecule has 0 amide bonds. The van der Waals surface area contributed by atoms with Crippen LogP contribution >= 0.6 is 15.9 Å². The van der Waals surface area contributed by atoms with E-state index in [2.05, 4.69) is 67.9 Å². The summed E-state index contributed by atoms with van der Waals surface area (Å²) in [5.74, 6) is 2.18. The third-order valence-corrected chi connectivity index (χ3v) is 4.11. The maximum absolute atomic E-state index is 3.64. The van der Waals surface area contributed by atoms with Crippen LogP contribution < -0.4 is 0 Å². The molecular weight excluding hydrogens is 272 g/mol. The Balaban J connectivity index is 2.61. The van der Waals surface area contributed by atoms with Gasteiger partial charge in [0.05, 0.1) is 0 Å². The van der Waals surface area contributed by atoms with E-state index in [4.69, 9.17) is 0 Å². The summed E-state index contributed by atoms with van der Waals surface area (Å²) >= 11 is 3.64. The molecule has 0 aliphatic rings. The van der Waals surface area contributed by atoms with Gasteiger partial charge >= 0.3 is 0 Å². The van der Waals surface area contributed by atoms with E-state index < -0.39 is 0 Å². The predicted octanol–water partition coefficient (Wildman–Crippen LogP) is 5.41. The van der Waals surface area contributed by atoms with Gasteiger partial charge < -0.3 is 0 Å². The number of benzene rings is 1. The third-order valence-electron chi connectivity index (χ3n) is 3.19. The number of rotatable bonds is 6. The smallest absolute Gasteiger partial charge is 0.00629 e. The molecule has 0 aliphatic heterocycles. The Kier molecular flexibility index (Phi) is 6.26. The molecule has 1 aromatic carbocycles. The molecular formula is C16H25Br. The van der Waals surface area contributed by atoms with E-state index in [9.17, 15) is 0 Å². The lowest BCUT2D eigenvalue weighted by Crippen LogP contribution is -2.09. The average molecular weight is 297 g/mol. The summed E-state index contributed by atoms with van der Waals surface area (Å²) in [5.41, 5.74) is 2.91. The maximum Gasteiger partial charge on any atom is 0.00629 e. The van der Waals surface area contributed by atoms with Crippen LogP contribution in [0, 0.1) is 11.8 Å². The lowest BCUT2D eigenvalue weighted by atomic mass is 9.91. The van der Waals surface area contributed by atoms with Gasteiger partial charge in [0, 0.05) is 5.33 Å². The molecule has 96 valence electrons. The van der Waals surface area contributed by atoms with Crippen LogP contribution in [0.15, 0.2) is 24.3 Å². The van der Waals surface area contributed by atoms with Crippen LogP contribution in [0.2, 0.25) is 0 Å². The quantitative estimate of drug-likeness (QED) is 0.616. The van der Waals surface area contributed by atoms with E-state index in [0.29, 0.717) is 5.92 Å². The Labute approximate surface area is 115 Å². The topological polar surface area (TPSA) is 0 Å². The van der Waals surface area contributed by atoms with Gasteiger partial charge in [0.2, 0.25) is 0 Å². The minimum atomic E-state index is 0.631. The van der Waals surface area contributed by atoms with E-state index in [1.807, 2.05) is 0 Å². The van der Waals surface area contributed by atoms with Crippen molar-refractivity contribution in [2.24, 2.45) is 11.8 Å². The molecule has 1 atom stereocenters. The first-order chi connectivity index (χ1) is 8.02. The molecule has 1 rings (SSSR count). The van der Waals surface area contributed by atoms with Crippen LogP contribution in [0.1, 0.15) is 51.2 Å². The Hall–Kier alpha value is -0.300. The van der Waals surface area contributed by atoms with Crippen molar-refractivity contribution in [3.8, 4) is 0 Å². The fraction of sp³-hybridized carbons (Fsp3) is 0.625. The first kappa shape index (κ1) is 14.8. The van der Waals surface area contributed by atoms with E-state index in [0.717, 1.165) is 17.2 Å². The van der Waals surface area contributed by atoms with Crippen LogP contribution in [-0.2, 0) is 6.42 Å². The highest BCUT2D eigenvalue weighted by molar-refractivity contribution is 9.09. The van der Waals surface area contributed by atoms with Crippen LogP contribution in [0.4, 0.5) is 0 Å². The van der Waals surface area contributed by atoms with Crippen LogP contribution in [0.3, 0.4) is 0 Å². The third kappa shape index (κ3) is 5.25. The predicted molar refractivity (Wildman–Crippen MR) is 81.0 cm³/mol. The molecule has 0 saturated carbocycles. The summed E-state index contributed by atoms with van der Waals surface area (Å²) in [6, 6.07) is 9.15. The Bertz CT molecular complexity index is 311. The van der Waals surface area contributed by atoms with Gasteiger partial charge in [-0.25, -0.2) is 0 Å². The van der Waals surface area contributed by atoms with E-state index >= 15 is 0 Å². The van der Waals surface area contributed by atoms with Crippen LogP contribution in [-0.4, -0.2) is 5.33 Å². The number of hydrogen-bond acceptors (Lipinski definition) is 0. The van der Waals surface area contributed by atoms with Crippen molar-refractivity contribution in [3.63, 3.8) is 0 Å². The second-order valence-electron chi connectivity index (χ2n) is 5.75. The summed E-state index contributed by atoms with van der Waals surface area (Å²) in [7, 11) is 0. The Morgan fingerprint density at radius 3 is 2.00 bits per heavy atom. The van der Waals surface area contributed by atoms with E-state index in [-0.39, 0.29) is 0 Å². The molecule has 0 aliphatic carbocycles. The van der Waals surface area contributed by atoms with Crippen molar-refractivity contribution in [3.05, 3.63) is 35.4 Å². The Morgan fingerprint density at radius 2 is 1.59 bits per heavy atom. The minimum Gasteiger partial charge on any atom is -0.0925 e. The van der Waals surface area contributed by atoms with Crippen LogP contribution in [0.5, 0.6) is 0 Å². The van der Waals surface area contributed by atoms with Crippen molar-refractivity contribution < 1.29 is 0 Å². The highest BCUT2D eigenvalue weighted by atomic mass is 79.9. The van der Waals surface area contributed by atoms with Gasteiger partial charge in [-0.15, -0.1) is 0 Å². The van der Waals surface area contributed by atoms with Crippen molar-refractivity contribution >= 4 is 15.9 Å². The number of alkyl halides is 1. The Morgan fingerprint density at radius 1 is 1.00 bits per heavy atom. The standard InChI is InChI=1S/C16H25Br/c1-12(2)9-15(11-17)10-14-5-7-16(8-6-14)13(3)4/h5-8,12-13,15H,9-11H2,1-4H3. The molecule has 1 unspecified atom stereocenters. The summed E-state index contributed by atoms with van der Waals surface area (Å²) < 4.78 is 0. The molecule has 0 N–H and O–H groups in total. The zero-order valence-electron chi connectivity index (χ0n) is 11.5. The highest BCUT2D eigenvalue weighted by Gasteiger charge is 2.10. The van der Waals surface area contributed by atoms with E-state index in [1.165, 1.54) is 24.0 Å². The summed E-state index contributed by atoms with van der Waals surface area (Å²) in [6.45, 7) is 9.10. The molecule has 17 heavy (non-hydrogen) atoms. The van der Waals surface area contributed by atoms with Crippen molar-refractivity contribution in [2.75, 3.05) is 5.33 Å². The molecule has 0 bridgehead atoms. The fourth-order valence-corrected chi connectivity index (χ4v) is 2.73. The first-order valence-corrected chi connectivity index (χ1v) is 7.79. The molecule has 0 saturated heterocycles. The van der Waals surface area contributed by atoms with Gasteiger partial charge in [0.1, 0.15) is 0 Å². The van der Waals surface area contributed by atoms with E-state index in [1.54, 1.807) is 0 Å². The lowest BCUT2D eigenvalue weighted by Gasteiger charge is -2.17. The van der Waals surface area contributed by atoms with Crippen molar-refractivity contribution in [1.82, 2.24) is 0 Å². The average Bonchev–Trinajstić information content (AvgIpc) is 2.28. The van der Waals surface area contributed by atoms with Crippen molar-refractivity contribution in [2.45, 2.75) is 46.5 Å². The summed E-state index contributed by atoms with van der Waals surface area (Å²) in [5, 5.41) is 1.11. The zero-order chi connectivity index (χ0) is 12.8. The zero-order valence-corrected chi connectivity index (χ0v) is 13.1. The summed E-state index contributed by atoms with van der Waals surface area (Å²) in [4.78, 5) is 0. The monoisotopic (exact) mass is 296 g/mol. The highest BCUT2D eigenvalue weighted by Crippen LogP contribution is 2.21. The molecule has 0 radical (unpaired) electrons. The maximum atomic E-state index is 3.64. The second kappa shape index (κ2) is 7.20. The van der Waals surface area contributed by atoms with Crippen molar-refractivity contribution in [1.29, 1.82) is 0 Å².